The zero-order chi connectivity index (χ0) is 28.7. The highest BCUT2D eigenvalue weighted by Gasteiger charge is 2.31. The van der Waals surface area contributed by atoms with Gasteiger partial charge in [-0.2, -0.15) is 0 Å². The lowest BCUT2D eigenvalue weighted by atomic mass is 10.0. The second kappa shape index (κ2) is 14.7. The molecular weight excluding hydrogens is 626 g/mol. The average molecular weight is 658 g/mol. The monoisotopic (exact) mass is 656 g/mol. The summed E-state index contributed by atoms with van der Waals surface area (Å²) >= 11 is 19.8. The molecule has 0 aliphatic heterocycles. The molecule has 2 atom stereocenters. The van der Waals surface area contributed by atoms with Crippen LogP contribution in [-0.4, -0.2) is 15.7 Å². The van der Waals surface area contributed by atoms with Crippen LogP contribution in [0, 0.1) is 0 Å². The summed E-state index contributed by atoms with van der Waals surface area (Å²) in [7, 11) is -1.09. The molecule has 4 aromatic rings. The first kappa shape index (κ1) is 31.5. The maximum atomic E-state index is 14.0. The molecule has 10 heteroatoms. The van der Waals surface area contributed by atoms with Crippen LogP contribution < -0.4 is 9.05 Å². The summed E-state index contributed by atoms with van der Waals surface area (Å²) < 4.78 is 39.1. The molecule has 0 aliphatic carbocycles. The smallest absolute Gasteiger partial charge is 0.408 e. The largest absolute Gasteiger partial charge is 0.492 e. The minimum Gasteiger partial charge on any atom is -0.408 e. The van der Waals surface area contributed by atoms with E-state index in [1.165, 1.54) is 12.1 Å². The van der Waals surface area contributed by atoms with Crippen molar-refractivity contribution in [2.45, 2.75) is 57.3 Å². The molecule has 0 saturated carbocycles. The maximum absolute atomic E-state index is 14.0. The van der Waals surface area contributed by atoms with Gasteiger partial charge < -0.3 is 9.05 Å². The van der Waals surface area contributed by atoms with Gasteiger partial charge in [-0.25, -0.2) is 4.57 Å². The van der Waals surface area contributed by atoms with Gasteiger partial charge >= 0.3 is 6.80 Å². The van der Waals surface area contributed by atoms with Gasteiger partial charge in [0.1, 0.15) is 5.75 Å². The van der Waals surface area contributed by atoms with Crippen molar-refractivity contribution in [2.24, 2.45) is 0 Å². The molecule has 2 unspecified atom stereocenters. The molecule has 0 amide bonds. The predicted octanol–water partition coefficient (Wildman–Crippen LogP) is 11.7. The van der Waals surface area contributed by atoms with E-state index in [1.54, 1.807) is 6.07 Å². The van der Waals surface area contributed by atoms with E-state index >= 15 is 0 Å². The van der Waals surface area contributed by atoms with Gasteiger partial charge in [-0.15, -0.1) is 0 Å². The molecule has 0 fully saturated rings. The molecule has 0 N–H and O–H groups in total. The highest BCUT2D eigenvalue weighted by Crippen LogP contribution is 2.61. The van der Waals surface area contributed by atoms with Gasteiger partial charge in [0.15, 0.2) is 5.75 Å². The number of hydrogen-bond acceptors (Lipinski definition) is 5. The molecule has 0 bridgehead atoms. The average Bonchev–Trinajstić information content (AvgIpc) is 2.92. The number of halogens is 3. The summed E-state index contributed by atoms with van der Waals surface area (Å²) in [6.07, 6.45) is 6.09. The van der Waals surface area contributed by atoms with E-state index in [2.05, 4.69) is 19.9 Å². The topological polar surface area (TPSA) is 52.6 Å². The van der Waals surface area contributed by atoms with Crippen molar-refractivity contribution >= 4 is 85.3 Å². The van der Waals surface area contributed by atoms with Gasteiger partial charge in [-0.05, 0) is 88.2 Å². The molecule has 0 aliphatic rings. The van der Waals surface area contributed by atoms with Crippen LogP contribution in [0.5, 0.6) is 11.5 Å². The first-order valence-electron chi connectivity index (χ1n) is 13.4. The third-order valence-corrected chi connectivity index (χ3v) is 12.2. The summed E-state index contributed by atoms with van der Waals surface area (Å²) in [6.45, 7) is 0.449. The van der Waals surface area contributed by atoms with Crippen molar-refractivity contribution in [3.05, 3.63) is 75.7 Å². The Hall–Kier alpha value is -1.40. The SMILES string of the molecule is CCCCCCS(=O)c1cccc2cc3ccc(OP(=O)(Oc4c(Cl)cc(Cl)cc4Cl)SCCCC)cc3cc12. The van der Waals surface area contributed by atoms with Crippen molar-refractivity contribution in [2.75, 3.05) is 11.5 Å². The molecule has 40 heavy (non-hydrogen) atoms. The molecule has 0 saturated heterocycles. The Morgan fingerprint density at radius 3 is 2.27 bits per heavy atom. The molecule has 0 radical (unpaired) electrons. The number of benzene rings is 4. The van der Waals surface area contributed by atoms with Crippen LogP contribution in [0.25, 0.3) is 21.5 Å². The normalized spacial score (nSPS) is 13.8. The lowest BCUT2D eigenvalue weighted by Gasteiger charge is -2.21. The van der Waals surface area contributed by atoms with Gasteiger partial charge in [-0.1, -0.05) is 92.5 Å². The highest BCUT2D eigenvalue weighted by molar-refractivity contribution is 8.55. The zero-order valence-corrected chi connectivity index (χ0v) is 27.3. The Labute approximate surface area is 257 Å². The Bertz CT molecular complexity index is 1540. The molecule has 4 aromatic carbocycles. The van der Waals surface area contributed by atoms with Gasteiger partial charge in [0.05, 0.1) is 20.8 Å². The Balaban J connectivity index is 1.66. The molecule has 0 heterocycles. The van der Waals surface area contributed by atoms with Gasteiger partial charge in [0.2, 0.25) is 0 Å². The van der Waals surface area contributed by atoms with E-state index < -0.39 is 17.6 Å². The molecule has 0 aromatic heterocycles. The van der Waals surface area contributed by atoms with Crippen LogP contribution in [0.3, 0.4) is 0 Å². The van der Waals surface area contributed by atoms with Crippen molar-refractivity contribution in [1.82, 2.24) is 0 Å². The summed E-state index contributed by atoms with van der Waals surface area (Å²) in [5, 5.41) is 4.49. The quantitative estimate of drug-likeness (QED) is 0.0767. The fourth-order valence-corrected chi connectivity index (χ4v) is 10.0. The molecular formula is C30H32Cl3O4PS2. The molecule has 214 valence electrons. The van der Waals surface area contributed by atoms with Gasteiger partial charge in [0.25, 0.3) is 0 Å². The summed E-state index contributed by atoms with van der Waals surface area (Å²) in [5.74, 6) is 1.67. The van der Waals surface area contributed by atoms with E-state index in [-0.39, 0.29) is 15.8 Å². The summed E-state index contributed by atoms with van der Waals surface area (Å²) in [6, 6.07) is 18.5. The van der Waals surface area contributed by atoms with Crippen molar-refractivity contribution in [3.8, 4) is 11.5 Å². The minimum absolute atomic E-state index is 0.0675. The third kappa shape index (κ3) is 8.12. The van der Waals surface area contributed by atoms with Crippen LogP contribution in [0.1, 0.15) is 52.4 Å². The molecule has 0 spiro atoms. The van der Waals surface area contributed by atoms with Crippen LogP contribution in [0.15, 0.2) is 65.6 Å². The lowest BCUT2D eigenvalue weighted by Crippen LogP contribution is -2.00. The number of hydrogen-bond donors (Lipinski definition) is 0. The van der Waals surface area contributed by atoms with E-state index in [1.807, 2.05) is 36.4 Å². The maximum Gasteiger partial charge on any atom is 0.492 e. The third-order valence-electron chi connectivity index (χ3n) is 6.33. The summed E-state index contributed by atoms with van der Waals surface area (Å²) in [5.41, 5.74) is 0. The van der Waals surface area contributed by atoms with E-state index in [9.17, 15) is 8.77 Å². The Kier molecular flexibility index (Phi) is 11.6. The van der Waals surface area contributed by atoms with Gasteiger partial charge in [-0.3, -0.25) is 4.21 Å². The predicted molar refractivity (Wildman–Crippen MR) is 175 cm³/mol. The van der Waals surface area contributed by atoms with Crippen LogP contribution in [0.2, 0.25) is 15.1 Å². The van der Waals surface area contributed by atoms with Gasteiger partial charge in [0, 0.05) is 21.4 Å². The number of rotatable bonds is 14. The fourth-order valence-electron chi connectivity index (χ4n) is 4.25. The van der Waals surface area contributed by atoms with Crippen LogP contribution in [0.4, 0.5) is 0 Å². The number of unbranched alkanes of at least 4 members (excludes halogenated alkanes) is 4. The first-order valence-corrected chi connectivity index (χ1v) is 18.9. The second-order valence-electron chi connectivity index (χ2n) is 9.46. The van der Waals surface area contributed by atoms with Crippen LogP contribution in [-0.2, 0) is 15.4 Å². The zero-order valence-electron chi connectivity index (χ0n) is 22.5. The van der Waals surface area contributed by atoms with E-state index in [4.69, 9.17) is 43.9 Å². The molecule has 4 rings (SSSR count). The van der Waals surface area contributed by atoms with Crippen molar-refractivity contribution < 1.29 is 17.8 Å². The minimum atomic E-state index is -3.78. The lowest BCUT2D eigenvalue weighted by molar-refractivity contribution is 0.408. The summed E-state index contributed by atoms with van der Waals surface area (Å²) in [4.78, 5) is 0.832. The van der Waals surface area contributed by atoms with E-state index in [0.717, 1.165) is 76.3 Å². The highest BCUT2D eigenvalue weighted by atomic mass is 35.5. The second-order valence-corrected chi connectivity index (χ2v) is 16.3. The fraction of sp³-hybridized carbons (Fsp3) is 0.333. The number of fused-ring (bicyclic) bond motifs is 2. The van der Waals surface area contributed by atoms with E-state index in [0.29, 0.717) is 22.3 Å². The van der Waals surface area contributed by atoms with Crippen molar-refractivity contribution in [3.63, 3.8) is 0 Å². The first-order chi connectivity index (χ1) is 19.2. The Morgan fingerprint density at radius 2 is 1.55 bits per heavy atom. The molecule has 4 nitrogen and oxygen atoms in total. The Morgan fingerprint density at radius 1 is 0.800 bits per heavy atom. The standard InChI is InChI=1S/C30H32Cl3O4PS2/c1-3-5-7-8-15-40(35)29-11-9-10-22-16-21-12-13-25(17-23(21)18-26(22)29)36-38(34,39-14-6-4-2)37-30-27(32)19-24(31)20-28(30)33/h9-13,16-20H,3-8,14-15H2,1-2H3. The van der Waals surface area contributed by atoms with Crippen LogP contribution >= 0.6 is 53.0 Å². The van der Waals surface area contributed by atoms with Crippen molar-refractivity contribution in [1.29, 1.82) is 0 Å².